The zero-order valence-corrected chi connectivity index (χ0v) is 24.7. The van der Waals surface area contributed by atoms with Crippen LogP contribution in [0.3, 0.4) is 0 Å². The van der Waals surface area contributed by atoms with Gasteiger partial charge < -0.3 is 23.7 Å². The van der Waals surface area contributed by atoms with E-state index < -0.39 is 17.9 Å². The zero-order valence-electron chi connectivity index (χ0n) is 24.7. The quantitative estimate of drug-likeness (QED) is 0.0925. The Hall–Kier alpha value is -4.68. The fraction of sp³-hybridized carbons (Fsp3) is 0.389. The maximum absolute atomic E-state index is 12.6. The predicted molar refractivity (Wildman–Crippen MR) is 173 cm³/mol. The second-order valence-corrected chi connectivity index (χ2v) is 9.75. The van der Waals surface area contributed by atoms with E-state index in [-0.39, 0.29) is 46.6 Å². The summed E-state index contributed by atoms with van der Waals surface area (Å²) in [4.78, 5) is 37.2. The summed E-state index contributed by atoms with van der Waals surface area (Å²) < 4.78 is 26.8. The predicted octanol–water partition coefficient (Wildman–Crippen LogP) is 7.27. The first-order valence-corrected chi connectivity index (χ1v) is 14.3. The lowest BCUT2D eigenvalue weighted by Crippen LogP contribution is -2.25. The van der Waals surface area contributed by atoms with Crippen LogP contribution in [0.4, 0.5) is 0 Å². The van der Waals surface area contributed by atoms with Gasteiger partial charge in [0.15, 0.2) is 0 Å². The first-order chi connectivity index (χ1) is 20.8. The number of nitrogens with zero attached hydrogens (tertiary/aromatic N) is 1. The maximum Gasteiger partial charge on any atom is 0.343 e. The van der Waals surface area contributed by atoms with E-state index in [1.807, 2.05) is 38.1 Å². The summed E-state index contributed by atoms with van der Waals surface area (Å²) in [6, 6.07) is 22.9. The Morgan fingerprint density at radius 2 is 1.29 bits per heavy atom. The zero-order chi connectivity index (χ0) is 31.0. The molecule has 0 aliphatic rings. The lowest BCUT2D eigenvalue weighted by atomic mass is 9.94. The van der Waals surface area contributed by atoms with E-state index in [0.29, 0.717) is 48.7 Å². The van der Waals surface area contributed by atoms with Crippen molar-refractivity contribution in [1.82, 2.24) is 0 Å². The van der Waals surface area contributed by atoms with Gasteiger partial charge in [0.1, 0.15) is 31.3 Å². The van der Waals surface area contributed by atoms with Gasteiger partial charge in [0.25, 0.3) is 0 Å². The number of rotatable bonds is 16. The number of benzene rings is 3. The molecule has 2 atom stereocenters. The maximum atomic E-state index is 12.6. The van der Waals surface area contributed by atoms with E-state index in [1.54, 1.807) is 55.5 Å². The van der Waals surface area contributed by atoms with Crippen molar-refractivity contribution in [1.29, 1.82) is 5.26 Å². The van der Waals surface area contributed by atoms with Crippen molar-refractivity contribution in [3.8, 4) is 28.7 Å². The van der Waals surface area contributed by atoms with Crippen LogP contribution in [-0.4, -0.2) is 50.9 Å². The largest absolute Gasteiger partial charge is 0.490 e. The average Bonchev–Trinajstić information content (AvgIpc) is 3.04. The minimum atomic E-state index is -0.510. The molecule has 242 valence electrons. The Morgan fingerprint density at radius 3 is 1.87 bits per heavy atom. The third kappa shape index (κ3) is 12.5. The molecule has 0 saturated heterocycles. The second kappa shape index (κ2) is 20.3. The highest BCUT2D eigenvalue weighted by molar-refractivity contribution is 5.91. The van der Waals surface area contributed by atoms with Gasteiger partial charge in [0.05, 0.1) is 35.6 Å². The Labute approximate surface area is 267 Å². The molecule has 0 fully saturated rings. The minimum Gasteiger partial charge on any atom is -0.490 e. The molecule has 0 bridgehead atoms. The lowest BCUT2D eigenvalue weighted by molar-refractivity contribution is -0.153. The van der Waals surface area contributed by atoms with Crippen molar-refractivity contribution in [2.45, 2.75) is 48.5 Å². The molecule has 0 spiro atoms. The molecule has 0 radical (unpaired) electrons. The highest BCUT2D eigenvalue weighted by atomic mass is 16.6. The Bertz CT molecular complexity index is 1360. The molecule has 3 aromatic carbocycles. The molecule has 0 heterocycles. The van der Waals surface area contributed by atoms with E-state index in [2.05, 4.69) is 6.07 Å². The highest BCUT2D eigenvalue weighted by Gasteiger charge is 2.25. The van der Waals surface area contributed by atoms with Gasteiger partial charge in [-0.1, -0.05) is 53.0 Å². The highest BCUT2D eigenvalue weighted by Crippen LogP contribution is 2.24. The summed E-state index contributed by atoms with van der Waals surface area (Å²) >= 11 is 0. The fourth-order valence-corrected chi connectivity index (χ4v) is 4.17. The summed E-state index contributed by atoms with van der Waals surface area (Å²) in [5.41, 5.74) is 2.83. The molecule has 3 aromatic rings. The number of hydrogen-bond acceptors (Lipinski definition) is 9. The number of hydrogen-bond donors (Lipinski definition) is 0. The Morgan fingerprint density at radius 1 is 0.733 bits per heavy atom. The van der Waals surface area contributed by atoms with Crippen molar-refractivity contribution in [2.24, 2.45) is 11.8 Å². The van der Waals surface area contributed by atoms with Crippen LogP contribution in [0.1, 0.15) is 64.4 Å². The van der Waals surface area contributed by atoms with Crippen LogP contribution in [0, 0.1) is 23.2 Å². The van der Waals surface area contributed by atoms with Crippen molar-refractivity contribution < 1.29 is 38.1 Å². The van der Waals surface area contributed by atoms with Gasteiger partial charge in [-0.3, -0.25) is 9.59 Å². The molecule has 3 rings (SSSR count). The normalized spacial score (nSPS) is 11.4. The molecule has 0 saturated carbocycles. The third-order valence-corrected chi connectivity index (χ3v) is 6.64. The van der Waals surface area contributed by atoms with E-state index in [0.717, 1.165) is 11.1 Å². The van der Waals surface area contributed by atoms with Crippen molar-refractivity contribution in [2.75, 3.05) is 33.0 Å². The van der Waals surface area contributed by atoms with Crippen LogP contribution in [0.5, 0.6) is 11.5 Å². The summed E-state index contributed by atoms with van der Waals surface area (Å²) in [7, 11) is 0. The Kier molecular flexibility index (Phi) is 17.3. The van der Waals surface area contributed by atoms with Crippen molar-refractivity contribution >= 4 is 17.9 Å². The summed E-state index contributed by atoms with van der Waals surface area (Å²) in [6.07, 6.45) is 0.895. The average molecular weight is 620 g/mol. The van der Waals surface area contributed by atoms with Crippen LogP contribution in [-0.2, 0) is 23.8 Å². The SMILES string of the molecule is C.C.CCOCCOC(=O)C(CC)CC(C)C(=O)OCCOc1ccc(C(=O)Oc2ccc(-c3ccc(C#N)cc3)cc2)cc1. The number of carbonyl (C=O) groups excluding carboxylic acids is 3. The van der Waals surface area contributed by atoms with Gasteiger partial charge in [0, 0.05) is 6.61 Å². The van der Waals surface area contributed by atoms with Crippen LogP contribution in [0.25, 0.3) is 11.1 Å². The van der Waals surface area contributed by atoms with Gasteiger partial charge in [-0.2, -0.15) is 5.26 Å². The monoisotopic (exact) mass is 619 g/mol. The van der Waals surface area contributed by atoms with Crippen molar-refractivity contribution in [3.63, 3.8) is 0 Å². The van der Waals surface area contributed by atoms with Crippen LogP contribution < -0.4 is 9.47 Å². The van der Waals surface area contributed by atoms with E-state index >= 15 is 0 Å². The summed E-state index contributed by atoms with van der Waals surface area (Å²) in [5, 5.41) is 8.95. The number of nitriles is 1. The van der Waals surface area contributed by atoms with Gasteiger partial charge in [-0.25, -0.2) is 4.79 Å². The number of esters is 3. The first kappa shape index (κ1) is 38.3. The van der Waals surface area contributed by atoms with E-state index in [9.17, 15) is 14.4 Å². The molecule has 0 aromatic heterocycles. The molecular formula is C36H45NO8. The molecule has 0 aliphatic heterocycles. The van der Waals surface area contributed by atoms with Crippen LogP contribution in [0.15, 0.2) is 72.8 Å². The van der Waals surface area contributed by atoms with Crippen molar-refractivity contribution in [3.05, 3.63) is 83.9 Å². The van der Waals surface area contributed by atoms with Gasteiger partial charge in [-0.15, -0.1) is 0 Å². The lowest BCUT2D eigenvalue weighted by Gasteiger charge is -2.18. The van der Waals surface area contributed by atoms with E-state index in [1.165, 1.54) is 0 Å². The van der Waals surface area contributed by atoms with Gasteiger partial charge in [0.2, 0.25) is 0 Å². The molecule has 0 N–H and O–H groups in total. The minimum absolute atomic E-state index is 0. The number of carbonyl (C=O) groups is 3. The smallest absolute Gasteiger partial charge is 0.343 e. The molecule has 0 amide bonds. The van der Waals surface area contributed by atoms with Gasteiger partial charge in [-0.05, 0) is 79.4 Å². The third-order valence-electron chi connectivity index (χ3n) is 6.64. The molecule has 9 nitrogen and oxygen atoms in total. The standard InChI is InChI=1S/C34H37NO8.2CH4/c1-4-26(33(37)42-19-18-39-5-2)22-24(3)32(36)41-21-20-40-30-14-12-29(13-15-30)34(38)43-31-16-10-28(11-17-31)27-8-6-25(23-35)7-9-27;;/h6-17,24,26H,4-5,18-22H2,1-3H3;2*1H4. The first-order valence-electron chi connectivity index (χ1n) is 14.3. The number of ether oxygens (including phenoxy) is 5. The van der Waals surface area contributed by atoms with Gasteiger partial charge >= 0.3 is 17.9 Å². The molecule has 2 unspecified atom stereocenters. The molecule has 45 heavy (non-hydrogen) atoms. The second-order valence-electron chi connectivity index (χ2n) is 9.75. The molecular weight excluding hydrogens is 574 g/mol. The Balaban J connectivity index is 0.00000506. The summed E-state index contributed by atoms with van der Waals surface area (Å²) in [5.74, 6) is -1.21. The molecule has 9 heteroatoms. The van der Waals surface area contributed by atoms with Crippen LogP contribution in [0.2, 0.25) is 0 Å². The fourth-order valence-electron chi connectivity index (χ4n) is 4.17. The van der Waals surface area contributed by atoms with Crippen LogP contribution >= 0.6 is 0 Å². The summed E-state index contributed by atoms with van der Waals surface area (Å²) in [6.45, 7) is 6.74. The topological polar surface area (TPSA) is 121 Å². The van der Waals surface area contributed by atoms with E-state index in [4.69, 9.17) is 28.9 Å². The molecule has 0 aliphatic carbocycles.